The van der Waals surface area contributed by atoms with Gasteiger partial charge in [0.2, 0.25) is 0 Å². The van der Waals surface area contributed by atoms with E-state index in [1.165, 1.54) is 0 Å². The first-order valence-corrected chi connectivity index (χ1v) is 6.34. The van der Waals surface area contributed by atoms with E-state index in [4.69, 9.17) is 15.2 Å². The van der Waals surface area contributed by atoms with Crippen molar-refractivity contribution in [3.63, 3.8) is 0 Å². The summed E-state index contributed by atoms with van der Waals surface area (Å²) in [7, 11) is 0. The van der Waals surface area contributed by atoms with Gasteiger partial charge in [-0.05, 0) is 39.8 Å². The van der Waals surface area contributed by atoms with Gasteiger partial charge in [0.15, 0.2) is 0 Å². The Balaban J connectivity index is 2.09. The van der Waals surface area contributed by atoms with Gasteiger partial charge in [0.25, 0.3) is 0 Å². The molecule has 0 saturated carbocycles. The number of hydrogen-bond acceptors (Lipinski definition) is 4. The normalized spacial score (nSPS) is 25.1. The number of hydrogen-bond donors (Lipinski definition) is 1. The van der Waals surface area contributed by atoms with Crippen LogP contribution in [0.5, 0.6) is 5.75 Å². The third kappa shape index (κ3) is 2.82. The molecule has 0 spiro atoms. The van der Waals surface area contributed by atoms with Gasteiger partial charge in [-0.3, -0.25) is 4.98 Å². The lowest BCUT2D eigenvalue weighted by Gasteiger charge is -2.27. The van der Waals surface area contributed by atoms with Gasteiger partial charge in [0, 0.05) is 13.0 Å². The van der Waals surface area contributed by atoms with Crippen LogP contribution in [-0.2, 0) is 11.3 Å². The topological polar surface area (TPSA) is 57.4 Å². The van der Waals surface area contributed by atoms with Crippen LogP contribution in [0.2, 0.25) is 0 Å². The van der Waals surface area contributed by atoms with Crippen LogP contribution in [0.25, 0.3) is 0 Å². The predicted molar refractivity (Wildman–Crippen MR) is 70.4 cm³/mol. The zero-order valence-electron chi connectivity index (χ0n) is 11.6. The second-order valence-corrected chi connectivity index (χ2v) is 5.97. The van der Waals surface area contributed by atoms with Crippen LogP contribution < -0.4 is 10.5 Å². The van der Waals surface area contributed by atoms with Crippen LogP contribution in [0, 0.1) is 0 Å². The smallest absolute Gasteiger partial charge is 0.138 e. The van der Waals surface area contributed by atoms with Crippen LogP contribution in [0.4, 0.5) is 0 Å². The Morgan fingerprint density at radius 1 is 1.39 bits per heavy atom. The molecular weight excluding hydrogens is 228 g/mol. The van der Waals surface area contributed by atoms with Crippen molar-refractivity contribution in [1.29, 1.82) is 0 Å². The highest BCUT2D eigenvalue weighted by Crippen LogP contribution is 2.39. The highest BCUT2D eigenvalue weighted by molar-refractivity contribution is 5.21. The van der Waals surface area contributed by atoms with E-state index in [0.717, 1.165) is 17.9 Å². The maximum absolute atomic E-state index is 6.00. The summed E-state index contributed by atoms with van der Waals surface area (Å²) in [6, 6.07) is 3.81. The molecule has 1 aliphatic rings. The van der Waals surface area contributed by atoms with Crippen LogP contribution in [-0.4, -0.2) is 22.3 Å². The highest BCUT2D eigenvalue weighted by Gasteiger charge is 2.47. The fourth-order valence-electron chi connectivity index (χ4n) is 2.46. The van der Waals surface area contributed by atoms with Gasteiger partial charge in [-0.15, -0.1) is 0 Å². The number of rotatable bonds is 3. The quantitative estimate of drug-likeness (QED) is 0.894. The summed E-state index contributed by atoms with van der Waals surface area (Å²) >= 11 is 0. The van der Waals surface area contributed by atoms with Gasteiger partial charge in [0.05, 0.1) is 17.5 Å². The van der Waals surface area contributed by atoms with Crippen molar-refractivity contribution in [3.8, 4) is 5.75 Å². The standard InChI is InChI=1S/C14H22N2O2/c1-13(2)7-12(14(3,4)18-13)17-11-6-5-10(8-15)16-9-11/h5-6,9,12H,7-8,15H2,1-4H3. The first-order chi connectivity index (χ1) is 8.32. The summed E-state index contributed by atoms with van der Waals surface area (Å²) in [5.41, 5.74) is 5.96. The van der Waals surface area contributed by atoms with E-state index in [0.29, 0.717) is 6.54 Å². The van der Waals surface area contributed by atoms with E-state index in [1.807, 2.05) is 12.1 Å². The molecule has 1 saturated heterocycles. The van der Waals surface area contributed by atoms with Gasteiger partial charge in [-0.25, -0.2) is 0 Å². The van der Waals surface area contributed by atoms with E-state index in [9.17, 15) is 0 Å². The van der Waals surface area contributed by atoms with Gasteiger partial charge in [-0.1, -0.05) is 0 Å². The molecular formula is C14H22N2O2. The molecule has 1 fully saturated rings. The minimum atomic E-state index is -0.282. The van der Waals surface area contributed by atoms with Crippen molar-refractivity contribution >= 4 is 0 Å². The van der Waals surface area contributed by atoms with Crippen molar-refractivity contribution in [3.05, 3.63) is 24.0 Å². The Morgan fingerprint density at radius 2 is 2.11 bits per heavy atom. The molecule has 0 aliphatic carbocycles. The molecule has 4 nitrogen and oxygen atoms in total. The Hall–Kier alpha value is -1.13. The number of nitrogens with zero attached hydrogens (tertiary/aromatic N) is 1. The highest BCUT2D eigenvalue weighted by atomic mass is 16.6. The summed E-state index contributed by atoms with van der Waals surface area (Å²) in [6.07, 6.45) is 2.64. The van der Waals surface area contributed by atoms with Crippen molar-refractivity contribution in [2.24, 2.45) is 5.73 Å². The second-order valence-electron chi connectivity index (χ2n) is 5.97. The van der Waals surface area contributed by atoms with E-state index >= 15 is 0 Å². The lowest BCUT2D eigenvalue weighted by Crippen LogP contribution is -2.36. The van der Waals surface area contributed by atoms with Crippen LogP contribution >= 0.6 is 0 Å². The van der Waals surface area contributed by atoms with Crippen LogP contribution in [0.15, 0.2) is 18.3 Å². The van der Waals surface area contributed by atoms with Crippen molar-refractivity contribution in [1.82, 2.24) is 4.98 Å². The minimum absolute atomic E-state index is 0.0398. The Bertz CT molecular complexity index is 412. The maximum Gasteiger partial charge on any atom is 0.138 e. The molecule has 2 N–H and O–H groups in total. The number of nitrogens with two attached hydrogens (primary N) is 1. The average molecular weight is 250 g/mol. The molecule has 0 radical (unpaired) electrons. The lowest BCUT2D eigenvalue weighted by molar-refractivity contribution is -0.0846. The van der Waals surface area contributed by atoms with Crippen molar-refractivity contribution in [2.75, 3.05) is 0 Å². The van der Waals surface area contributed by atoms with E-state index < -0.39 is 0 Å². The SMILES string of the molecule is CC1(C)CC(Oc2ccc(CN)nc2)C(C)(C)O1. The summed E-state index contributed by atoms with van der Waals surface area (Å²) in [5.74, 6) is 0.770. The number of ether oxygens (including phenoxy) is 2. The van der Waals surface area contributed by atoms with E-state index in [1.54, 1.807) is 6.20 Å². The molecule has 0 aromatic carbocycles. The lowest BCUT2D eigenvalue weighted by atomic mass is 9.97. The van der Waals surface area contributed by atoms with Gasteiger partial charge in [-0.2, -0.15) is 0 Å². The first-order valence-electron chi connectivity index (χ1n) is 6.34. The molecule has 1 aromatic rings. The second kappa shape index (κ2) is 4.52. The number of pyridine rings is 1. The van der Waals surface area contributed by atoms with Crippen molar-refractivity contribution < 1.29 is 9.47 Å². The zero-order valence-corrected chi connectivity index (χ0v) is 11.6. The fourth-order valence-corrected chi connectivity index (χ4v) is 2.46. The summed E-state index contributed by atoms with van der Waals surface area (Å²) < 4.78 is 12.0. The maximum atomic E-state index is 6.00. The monoisotopic (exact) mass is 250 g/mol. The molecule has 0 bridgehead atoms. The fraction of sp³-hybridized carbons (Fsp3) is 0.643. The van der Waals surface area contributed by atoms with Gasteiger partial charge >= 0.3 is 0 Å². The molecule has 1 aliphatic heterocycles. The molecule has 18 heavy (non-hydrogen) atoms. The van der Waals surface area contributed by atoms with Crippen LogP contribution in [0.1, 0.15) is 39.8 Å². The Kier molecular flexibility index (Phi) is 3.34. The number of aromatic nitrogens is 1. The summed E-state index contributed by atoms with van der Waals surface area (Å²) in [6.45, 7) is 8.76. The summed E-state index contributed by atoms with van der Waals surface area (Å²) in [4.78, 5) is 4.23. The summed E-state index contributed by atoms with van der Waals surface area (Å²) in [5, 5.41) is 0. The minimum Gasteiger partial charge on any atom is -0.486 e. The molecule has 4 heteroatoms. The molecule has 2 heterocycles. The average Bonchev–Trinajstić information content (AvgIpc) is 2.48. The van der Waals surface area contributed by atoms with E-state index in [-0.39, 0.29) is 17.3 Å². The zero-order chi connectivity index (χ0) is 13.4. The van der Waals surface area contributed by atoms with Crippen molar-refractivity contribution in [2.45, 2.75) is 58.0 Å². The largest absolute Gasteiger partial charge is 0.486 e. The molecule has 1 atom stereocenters. The third-order valence-electron chi connectivity index (χ3n) is 3.28. The Morgan fingerprint density at radius 3 is 2.56 bits per heavy atom. The molecule has 0 amide bonds. The third-order valence-corrected chi connectivity index (χ3v) is 3.28. The molecule has 2 rings (SSSR count). The molecule has 1 unspecified atom stereocenters. The van der Waals surface area contributed by atoms with Gasteiger partial charge < -0.3 is 15.2 Å². The van der Waals surface area contributed by atoms with Gasteiger partial charge in [0.1, 0.15) is 17.5 Å². The molecule has 100 valence electrons. The Labute approximate surface area is 108 Å². The molecule has 1 aromatic heterocycles. The van der Waals surface area contributed by atoms with Crippen LogP contribution in [0.3, 0.4) is 0 Å². The van der Waals surface area contributed by atoms with E-state index in [2.05, 4.69) is 32.7 Å². The first kappa shape index (κ1) is 13.3. The predicted octanol–water partition coefficient (Wildman–Crippen LogP) is 2.27.